The molecule has 1 heterocycles. The van der Waals surface area contributed by atoms with Gasteiger partial charge in [-0.05, 0) is 36.2 Å². The number of amides is 1. The molecule has 0 saturated carbocycles. The number of carbonyl (C=O) groups excluding carboxylic acids is 2. The van der Waals surface area contributed by atoms with Gasteiger partial charge in [0.05, 0.1) is 18.7 Å². The second kappa shape index (κ2) is 10.5. The van der Waals surface area contributed by atoms with Crippen LogP contribution in [0, 0.1) is 0 Å². The van der Waals surface area contributed by atoms with Gasteiger partial charge in [-0.25, -0.2) is 4.79 Å². The smallest absolute Gasteiger partial charge is 0.350 e. The van der Waals surface area contributed by atoms with Crippen LogP contribution in [0.2, 0.25) is 0 Å². The lowest BCUT2D eigenvalue weighted by atomic mass is 10.1. The van der Waals surface area contributed by atoms with E-state index in [1.807, 2.05) is 60.7 Å². The summed E-state index contributed by atoms with van der Waals surface area (Å²) in [6.45, 7) is 6.35. The molecule has 0 aliphatic rings. The summed E-state index contributed by atoms with van der Waals surface area (Å²) in [7, 11) is 0. The van der Waals surface area contributed by atoms with Crippen molar-refractivity contribution in [3.05, 3.63) is 71.1 Å². The summed E-state index contributed by atoms with van der Waals surface area (Å²) in [6, 6.07) is 19.6. The predicted molar refractivity (Wildman–Crippen MR) is 125 cm³/mol. The van der Waals surface area contributed by atoms with E-state index in [-0.39, 0.29) is 18.9 Å². The molecule has 1 aromatic heterocycles. The molecule has 0 aliphatic carbocycles. The fourth-order valence-electron chi connectivity index (χ4n) is 2.91. The number of carbonyl (C=O) groups is 2. The Bertz CT molecular complexity index is 995. The minimum absolute atomic E-state index is 0.165. The van der Waals surface area contributed by atoms with Gasteiger partial charge in [-0.2, -0.15) is 0 Å². The molecule has 0 atom stereocenters. The first-order valence-electron chi connectivity index (χ1n) is 9.88. The molecule has 0 spiro atoms. The number of hydrogen-bond donors (Lipinski definition) is 1. The average molecular weight is 440 g/mol. The van der Waals surface area contributed by atoms with E-state index in [1.165, 1.54) is 16.2 Å². The standard InChI is InChI=1S/C24H25NO3S2/c1-4-28-24(27)23-20(15-21(30-23)18-8-6-5-7-9-18)25-22(26)14-17-10-12-19(13-11-17)29-16(2)3/h5-13,15-16H,4,14H2,1-3H3,(H,25,26). The molecule has 0 bridgehead atoms. The van der Waals surface area contributed by atoms with Gasteiger partial charge in [0.1, 0.15) is 4.88 Å². The average Bonchev–Trinajstić information content (AvgIpc) is 3.14. The van der Waals surface area contributed by atoms with Crippen LogP contribution in [0.4, 0.5) is 5.69 Å². The molecule has 3 rings (SSSR count). The number of ether oxygens (including phenoxy) is 1. The second-order valence-corrected chi connectivity index (χ2v) is 9.68. The first-order chi connectivity index (χ1) is 14.5. The molecule has 2 aromatic carbocycles. The number of anilines is 1. The third kappa shape index (κ3) is 5.97. The highest BCUT2D eigenvalue weighted by Gasteiger charge is 2.20. The predicted octanol–water partition coefficient (Wildman–Crippen LogP) is 6.27. The molecule has 1 N–H and O–H groups in total. The Kier molecular flexibility index (Phi) is 7.71. The highest BCUT2D eigenvalue weighted by molar-refractivity contribution is 7.99. The van der Waals surface area contributed by atoms with E-state index < -0.39 is 5.97 Å². The maximum Gasteiger partial charge on any atom is 0.350 e. The SMILES string of the molecule is CCOC(=O)c1sc(-c2ccccc2)cc1NC(=O)Cc1ccc(SC(C)C)cc1. The van der Waals surface area contributed by atoms with Crippen molar-refractivity contribution in [1.29, 1.82) is 0 Å². The maximum atomic E-state index is 12.7. The number of nitrogens with one attached hydrogen (secondary N) is 1. The summed E-state index contributed by atoms with van der Waals surface area (Å²) in [4.78, 5) is 27.6. The number of rotatable bonds is 8. The van der Waals surface area contributed by atoms with Gasteiger partial charge in [-0.1, -0.05) is 56.3 Å². The fraction of sp³-hybridized carbons (Fsp3) is 0.250. The molecule has 6 heteroatoms. The minimum atomic E-state index is -0.421. The monoisotopic (exact) mass is 439 g/mol. The van der Waals surface area contributed by atoms with Gasteiger partial charge in [0.25, 0.3) is 0 Å². The number of hydrogen-bond acceptors (Lipinski definition) is 5. The van der Waals surface area contributed by atoms with Crippen molar-refractivity contribution in [3.8, 4) is 10.4 Å². The molecule has 0 aliphatic heterocycles. The summed E-state index contributed by atoms with van der Waals surface area (Å²) in [5.74, 6) is -0.586. The van der Waals surface area contributed by atoms with E-state index in [1.54, 1.807) is 18.7 Å². The summed E-state index contributed by atoms with van der Waals surface area (Å²) in [5.41, 5.74) is 2.41. The van der Waals surface area contributed by atoms with Crippen LogP contribution in [0.5, 0.6) is 0 Å². The first kappa shape index (κ1) is 22.1. The van der Waals surface area contributed by atoms with Crippen LogP contribution in [0.1, 0.15) is 36.0 Å². The highest BCUT2D eigenvalue weighted by atomic mass is 32.2. The Hall–Kier alpha value is -2.57. The maximum absolute atomic E-state index is 12.7. The van der Waals surface area contributed by atoms with Crippen molar-refractivity contribution in [1.82, 2.24) is 0 Å². The van der Waals surface area contributed by atoms with Crippen LogP contribution < -0.4 is 5.32 Å². The molecular formula is C24H25NO3S2. The molecule has 0 unspecified atom stereocenters. The van der Waals surface area contributed by atoms with E-state index in [0.717, 1.165) is 16.0 Å². The third-order valence-electron chi connectivity index (χ3n) is 4.19. The highest BCUT2D eigenvalue weighted by Crippen LogP contribution is 2.35. The Balaban J connectivity index is 1.76. The molecule has 1 amide bonds. The summed E-state index contributed by atoms with van der Waals surface area (Å²) < 4.78 is 5.18. The van der Waals surface area contributed by atoms with Crippen molar-refractivity contribution >= 4 is 40.7 Å². The van der Waals surface area contributed by atoms with E-state index in [2.05, 4.69) is 19.2 Å². The van der Waals surface area contributed by atoms with Crippen LogP contribution in [-0.2, 0) is 16.0 Å². The largest absolute Gasteiger partial charge is 0.462 e. The lowest BCUT2D eigenvalue weighted by molar-refractivity contribution is -0.115. The van der Waals surface area contributed by atoms with Crippen molar-refractivity contribution in [2.45, 2.75) is 37.3 Å². The molecule has 3 aromatic rings. The first-order valence-corrected chi connectivity index (χ1v) is 11.6. The van der Waals surface area contributed by atoms with Crippen molar-refractivity contribution in [2.24, 2.45) is 0 Å². The summed E-state index contributed by atoms with van der Waals surface area (Å²) >= 11 is 3.11. The Morgan fingerprint density at radius 2 is 1.77 bits per heavy atom. The van der Waals surface area contributed by atoms with Crippen LogP contribution in [0.15, 0.2) is 65.6 Å². The molecule has 30 heavy (non-hydrogen) atoms. The zero-order valence-electron chi connectivity index (χ0n) is 17.3. The lowest BCUT2D eigenvalue weighted by Gasteiger charge is -2.08. The number of thioether (sulfide) groups is 1. The fourth-order valence-corrected chi connectivity index (χ4v) is 4.77. The van der Waals surface area contributed by atoms with Gasteiger partial charge in [0.2, 0.25) is 5.91 Å². The van der Waals surface area contributed by atoms with E-state index >= 15 is 0 Å². The minimum Gasteiger partial charge on any atom is -0.462 e. The van der Waals surface area contributed by atoms with Crippen LogP contribution >= 0.6 is 23.1 Å². The number of benzene rings is 2. The summed E-state index contributed by atoms with van der Waals surface area (Å²) in [5, 5.41) is 3.41. The second-order valence-electron chi connectivity index (χ2n) is 6.98. The van der Waals surface area contributed by atoms with Gasteiger partial charge in [-0.15, -0.1) is 23.1 Å². The van der Waals surface area contributed by atoms with Gasteiger partial charge >= 0.3 is 5.97 Å². The van der Waals surface area contributed by atoms with Gasteiger partial charge in [-0.3, -0.25) is 4.79 Å². The van der Waals surface area contributed by atoms with Crippen LogP contribution in [0.3, 0.4) is 0 Å². The van der Waals surface area contributed by atoms with Crippen molar-refractivity contribution < 1.29 is 14.3 Å². The van der Waals surface area contributed by atoms with E-state index in [4.69, 9.17) is 4.74 Å². The number of thiophene rings is 1. The van der Waals surface area contributed by atoms with Gasteiger partial charge < -0.3 is 10.1 Å². The third-order valence-corrected chi connectivity index (χ3v) is 6.37. The van der Waals surface area contributed by atoms with Crippen LogP contribution in [-0.4, -0.2) is 23.7 Å². The zero-order valence-corrected chi connectivity index (χ0v) is 18.9. The number of esters is 1. The zero-order chi connectivity index (χ0) is 21.5. The van der Waals surface area contributed by atoms with Gasteiger partial charge in [0.15, 0.2) is 0 Å². The molecule has 0 saturated heterocycles. The van der Waals surface area contributed by atoms with E-state index in [0.29, 0.717) is 15.8 Å². The Morgan fingerprint density at radius 1 is 1.07 bits per heavy atom. The van der Waals surface area contributed by atoms with E-state index in [9.17, 15) is 9.59 Å². The normalized spacial score (nSPS) is 10.8. The molecule has 0 radical (unpaired) electrons. The lowest BCUT2D eigenvalue weighted by Crippen LogP contribution is -2.16. The van der Waals surface area contributed by atoms with Gasteiger partial charge in [0, 0.05) is 15.0 Å². The van der Waals surface area contributed by atoms with Crippen LogP contribution in [0.25, 0.3) is 10.4 Å². The quantitative estimate of drug-likeness (QED) is 0.332. The molecular weight excluding hydrogens is 414 g/mol. The Labute approximate surface area is 185 Å². The molecule has 156 valence electrons. The van der Waals surface area contributed by atoms with Crippen molar-refractivity contribution in [3.63, 3.8) is 0 Å². The molecule has 0 fully saturated rings. The Morgan fingerprint density at radius 3 is 2.40 bits per heavy atom. The topological polar surface area (TPSA) is 55.4 Å². The molecule has 4 nitrogen and oxygen atoms in total. The summed E-state index contributed by atoms with van der Waals surface area (Å²) in [6.07, 6.45) is 0.241. The van der Waals surface area contributed by atoms with Crippen molar-refractivity contribution in [2.75, 3.05) is 11.9 Å².